The van der Waals surface area contributed by atoms with Crippen molar-refractivity contribution in [3.63, 3.8) is 0 Å². The van der Waals surface area contributed by atoms with Gasteiger partial charge < -0.3 is 9.84 Å². The van der Waals surface area contributed by atoms with Crippen LogP contribution in [0.4, 0.5) is 23.2 Å². The second kappa shape index (κ2) is 9.30. The first-order valence-electron chi connectivity index (χ1n) is 8.30. The van der Waals surface area contributed by atoms with E-state index in [2.05, 4.69) is 20.0 Å². The molecule has 0 radical (unpaired) electrons. The van der Waals surface area contributed by atoms with E-state index >= 15 is 0 Å². The summed E-state index contributed by atoms with van der Waals surface area (Å²) in [6, 6.07) is 5.95. The minimum Gasteiger partial charge on any atom is -0.329 e. The van der Waals surface area contributed by atoms with Crippen molar-refractivity contribution in [2.75, 3.05) is 5.32 Å². The summed E-state index contributed by atoms with van der Waals surface area (Å²) in [7, 11) is 0. The van der Waals surface area contributed by atoms with Crippen LogP contribution in [0.2, 0.25) is 0 Å². The van der Waals surface area contributed by atoms with Crippen LogP contribution in [-0.4, -0.2) is 16.0 Å². The first-order valence-corrected chi connectivity index (χ1v) is 8.30. The Hall–Kier alpha value is -2.45. The number of nitrogens with zero attached hydrogens (tertiary/aromatic N) is 2. The molecular formula is C17H19F4N3O2. The van der Waals surface area contributed by atoms with Gasteiger partial charge in [0, 0.05) is 12.8 Å². The van der Waals surface area contributed by atoms with Crippen molar-refractivity contribution in [1.82, 2.24) is 10.1 Å². The van der Waals surface area contributed by atoms with Crippen molar-refractivity contribution in [3.05, 3.63) is 41.8 Å². The number of amides is 1. The van der Waals surface area contributed by atoms with Gasteiger partial charge in [-0.25, -0.2) is 4.39 Å². The Morgan fingerprint density at radius 1 is 1.08 bits per heavy atom. The average molecular weight is 373 g/mol. The van der Waals surface area contributed by atoms with Gasteiger partial charge in [-0.2, -0.15) is 18.2 Å². The van der Waals surface area contributed by atoms with Gasteiger partial charge in [0.2, 0.25) is 5.91 Å². The number of alkyl halides is 3. The van der Waals surface area contributed by atoms with Crippen LogP contribution in [0.1, 0.15) is 50.2 Å². The van der Waals surface area contributed by atoms with Crippen molar-refractivity contribution in [2.24, 2.45) is 0 Å². The Bertz CT molecular complexity index is 716. The van der Waals surface area contributed by atoms with Gasteiger partial charge >= 0.3 is 12.1 Å². The lowest BCUT2D eigenvalue weighted by atomic mass is 10.1. The molecule has 0 fully saturated rings. The number of benzene rings is 1. The van der Waals surface area contributed by atoms with Crippen molar-refractivity contribution in [3.8, 4) is 0 Å². The van der Waals surface area contributed by atoms with Gasteiger partial charge in [0.15, 0.2) is 5.82 Å². The Morgan fingerprint density at radius 2 is 1.77 bits per heavy atom. The van der Waals surface area contributed by atoms with Crippen molar-refractivity contribution in [2.45, 2.75) is 51.1 Å². The van der Waals surface area contributed by atoms with Crippen LogP contribution in [0.25, 0.3) is 0 Å². The summed E-state index contributed by atoms with van der Waals surface area (Å²) < 4.78 is 54.5. The number of carbonyl (C=O) groups is 1. The maximum atomic E-state index is 13.4. The maximum absolute atomic E-state index is 13.4. The molecule has 0 atom stereocenters. The molecule has 1 amide bonds. The van der Waals surface area contributed by atoms with Gasteiger partial charge in [0.1, 0.15) is 5.82 Å². The first-order chi connectivity index (χ1) is 12.4. The summed E-state index contributed by atoms with van der Waals surface area (Å²) in [5.41, 5.74) is 0.163. The Labute approximate surface area is 147 Å². The molecule has 0 aliphatic rings. The number of hydrogen-bond acceptors (Lipinski definition) is 4. The van der Waals surface area contributed by atoms with Crippen LogP contribution in [-0.2, 0) is 17.4 Å². The molecule has 0 saturated carbocycles. The third-order valence-corrected chi connectivity index (χ3v) is 3.66. The Kier molecular flexibility index (Phi) is 7.11. The van der Waals surface area contributed by atoms with E-state index < -0.39 is 17.9 Å². The smallest absolute Gasteiger partial charge is 0.329 e. The molecule has 0 unspecified atom stereocenters. The molecule has 26 heavy (non-hydrogen) atoms. The number of hydrogen-bond donors (Lipinski definition) is 1. The zero-order valence-corrected chi connectivity index (χ0v) is 14.0. The van der Waals surface area contributed by atoms with E-state index in [-0.39, 0.29) is 23.8 Å². The zero-order chi connectivity index (χ0) is 19.0. The number of anilines is 1. The molecule has 0 aliphatic heterocycles. The average Bonchev–Trinajstić information content (AvgIpc) is 3.05. The summed E-state index contributed by atoms with van der Waals surface area (Å²) in [5, 5.41) is 5.81. The summed E-state index contributed by atoms with van der Waals surface area (Å²) in [5.74, 6) is -2.01. The summed E-state index contributed by atoms with van der Waals surface area (Å²) in [6.07, 6.45) is -0.318. The number of rotatable bonds is 9. The minimum absolute atomic E-state index is 0.0431. The molecule has 1 heterocycles. The Morgan fingerprint density at radius 3 is 2.46 bits per heavy atom. The van der Waals surface area contributed by atoms with Crippen LogP contribution in [0, 0.1) is 5.82 Å². The highest BCUT2D eigenvalue weighted by Gasteiger charge is 2.38. The van der Waals surface area contributed by atoms with Crippen LogP contribution in [0.3, 0.4) is 0 Å². The van der Waals surface area contributed by atoms with Gasteiger partial charge in [-0.3, -0.25) is 4.79 Å². The van der Waals surface area contributed by atoms with E-state index in [4.69, 9.17) is 0 Å². The van der Waals surface area contributed by atoms with E-state index in [1.807, 2.05) is 0 Å². The monoisotopic (exact) mass is 373 g/mol. The maximum Gasteiger partial charge on any atom is 0.471 e. The number of unbranched alkanes of at least 4 members (excludes halogenated alkanes) is 4. The molecule has 0 aliphatic carbocycles. The highest BCUT2D eigenvalue weighted by molar-refractivity contribution is 5.90. The lowest BCUT2D eigenvalue weighted by Gasteiger charge is -2.06. The predicted molar refractivity (Wildman–Crippen MR) is 85.7 cm³/mol. The summed E-state index contributed by atoms with van der Waals surface area (Å²) in [6.45, 7) is 0. The molecule has 5 nitrogen and oxygen atoms in total. The number of aryl methyl sites for hydroxylation is 1. The van der Waals surface area contributed by atoms with Crippen LogP contribution in [0.15, 0.2) is 28.8 Å². The second-order valence-electron chi connectivity index (χ2n) is 5.81. The molecule has 0 saturated heterocycles. The topological polar surface area (TPSA) is 68.0 Å². The van der Waals surface area contributed by atoms with Gasteiger partial charge in [0.05, 0.1) is 5.69 Å². The summed E-state index contributed by atoms with van der Waals surface area (Å²) >= 11 is 0. The normalized spacial score (nSPS) is 11.5. The van der Waals surface area contributed by atoms with Gasteiger partial charge in [0.25, 0.3) is 0 Å². The number of halogens is 4. The molecule has 0 spiro atoms. The summed E-state index contributed by atoms with van der Waals surface area (Å²) in [4.78, 5) is 15.0. The first kappa shape index (κ1) is 19.9. The molecule has 1 aromatic heterocycles. The molecule has 2 rings (SSSR count). The van der Waals surface area contributed by atoms with Crippen molar-refractivity contribution >= 4 is 11.6 Å². The van der Waals surface area contributed by atoms with E-state index in [0.29, 0.717) is 19.3 Å². The van der Waals surface area contributed by atoms with Crippen molar-refractivity contribution < 1.29 is 26.9 Å². The lowest BCUT2D eigenvalue weighted by molar-refractivity contribution is -0.159. The Balaban J connectivity index is 1.55. The lowest BCUT2D eigenvalue weighted by Crippen LogP contribution is -2.12. The molecule has 1 N–H and O–H groups in total. The second-order valence-corrected chi connectivity index (χ2v) is 5.81. The van der Waals surface area contributed by atoms with E-state index in [1.54, 1.807) is 12.1 Å². The highest BCUT2D eigenvalue weighted by Crippen LogP contribution is 2.27. The predicted octanol–water partition coefficient (Wildman–Crippen LogP) is 4.75. The van der Waals surface area contributed by atoms with Crippen LogP contribution < -0.4 is 5.32 Å². The standard InChI is InChI=1S/C17H19F4N3O2/c18-12-8-6-7-9-13(12)22-15(25)11-5-3-1-2-4-10-14-23-16(26-24-14)17(19,20)21/h6-9H,1-5,10-11H2,(H,22,25). The molecule has 9 heteroatoms. The SMILES string of the molecule is O=C(CCCCCCCc1noc(C(F)(F)F)n1)Nc1ccccc1F. The highest BCUT2D eigenvalue weighted by atomic mass is 19.4. The van der Waals surface area contributed by atoms with Gasteiger partial charge in [-0.15, -0.1) is 0 Å². The van der Waals surface area contributed by atoms with Crippen molar-refractivity contribution in [1.29, 1.82) is 0 Å². The molecule has 142 valence electrons. The fourth-order valence-corrected chi connectivity index (χ4v) is 2.34. The molecular weight excluding hydrogens is 354 g/mol. The van der Waals surface area contributed by atoms with Gasteiger partial charge in [-0.1, -0.05) is 36.6 Å². The number of nitrogens with one attached hydrogen (secondary N) is 1. The zero-order valence-electron chi connectivity index (χ0n) is 14.0. The molecule has 1 aromatic carbocycles. The van der Waals surface area contributed by atoms with Crippen LogP contribution in [0.5, 0.6) is 0 Å². The third kappa shape index (κ3) is 6.45. The third-order valence-electron chi connectivity index (χ3n) is 3.66. The quantitative estimate of drug-likeness (QED) is 0.509. The fourth-order valence-electron chi connectivity index (χ4n) is 2.34. The van der Waals surface area contributed by atoms with Crippen LogP contribution >= 0.6 is 0 Å². The number of para-hydroxylation sites is 1. The number of carbonyl (C=O) groups excluding carboxylic acids is 1. The molecule has 0 bridgehead atoms. The number of aromatic nitrogens is 2. The van der Waals surface area contributed by atoms with E-state index in [9.17, 15) is 22.4 Å². The largest absolute Gasteiger partial charge is 0.471 e. The van der Waals surface area contributed by atoms with E-state index in [1.165, 1.54) is 12.1 Å². The van der Waals surface area contributed by atoms with E-state index in [0.717, 1.165) is 19.3 Å². The minimum atomic E-state index is -4.62. The molecule has 2 aromatic rings. The van der Waals surface area contributed by atoms with Gasteiger partial charge in [-0.05, 0) is 25.0 Å². The fraction of sp³-hybridized carbons (Fsp3) is 0.471.